The molecule has 3 aliphatic rings. The molecule has 0 aromatic heterocycles. The lowest BCUT2D eigenvalue weighted by Gasteiger charge is -2.40. The molecule has 15 heavy (non-hydrogen) atoms. The molecule has 1 unspecified atom stereocenters. The van der Waals surface area contributed by atoms with Crippen molar-refractivity contribution in [1.82, 2.24) is 15.4 Å². The Hall–Kier alpha value is -1.23. The summed E-state index contributed by atoms with van der Waals surface area (Å²) in [5.41, 5.74) is 0. The molecule has 1 saturated heterocycles. The average Bonchev–Trinajstić information content (AvgIpc) is 3.02. The predicted molar refractivity (Wildman–Crippen MR) is 56.8 cm³/mol. The topological polar surface area (TPSA) is 43.2 Å². The number of hydrogen-bond acceptors (Lipinski definition) is 5. The van der Waals surface area contributed by atoms with Crippen LogP contribution in [0.15, 0.2) is 10.1 Å². The molecule has 80 valence electrons. The Bertz CT molecular complexity index is 269. The van der Waals surface area contributed by atoms with Crippen LogP contribution in [0.4, 0.5) is 0 Å². The van der Waals surface area contributed by atoms with Gasteiger partial charge in [-0.3, -0.25) is 10.3 Å². The van der Waals surface area contributed by atoms with Crippen LogP contribution in [0.1, 0.15) is 6.42 Å². The molecule has 0 amide bonds. The molecular weight excluding hydrogens is 192 g/mol. The summed E-state index contributed by atoms with van der Waals surface area (Å²) in [6, 6.07) is 0. The van der Waals surface area contributed by atoms with E-state index in [1.165, 1.54) is 0 Å². The second kappa shape index (κ2) is 3.41. The molecule has 3 aliphatic heterocycles. The summed E-state index contributed by atoms with van der Waals surface area (Å²) in [6.07, 6.45) is 5.93. The van der Waals surface area contributed by atoms with Gasteiger partial charge in [0.05, 0.1) is 19.6 Å². The Kier molecular flexibility index (Phi) is 2.05. The molecule has 0 bridgehead atoms. The Morgan fingerprint density at radius 2 is 2.40 bits per heavy atom. The zero-order valence-electron chi connectivity index (χ0n) is 8.76. The highest BCUT2D eigenvalue weighted by Gasteiger charge is 2.48. The minimum Gasteiger partial charge on any atom is -0.269 e. The highest BCUT2D eigenvalue weighted by molar-refractivity contribution is 5.58. The second-order valence-electron chi connectivity index (χ2n) is 4.05. The minimum absolute atomic E-state index is 0.760. The van der Waals surface area contributed by atoms with Crippen molar-refractivity contribution in [3.8, 4) is 0 Å². The van der Waals surface area contributed by atoms with Crippen molar-refractivity contribution in [2.24, 2.45) is 10.1 Å². The molecule has 3 heterocycles. The van der Waals surface area contributed by atoms with Crippen molar-refractivity contribution in [3.63, 3.8) is 0 Å². The van der Waals surface area contributed by atoms with E-state index in [0.29, 0.717) is 0 Å². The third-order valence-corrected chi connectivity index (χ3v) is 3.20. The SMILES string of the molecule is [C+]1=NN([N+]2(N3C=NCC3)CCNC2)CC1. The molecular formula is C9H16N6+2. The molecule has 1 fully saturated rings. The molecule has 0 saturated carbocycles. The monoisotopic (exact) mass is 208 g/mol. The van der Waals surface area contributed by atoms with Gasteiger partial charge in [0.2, 0.25) is 6.42 Å². The Balaban J connectivity index is 1.86. The zero-order valence-corrected chi connectivity index (χ0v) is 8.76. The van der Waals surface area contributed by atoms with Gasteiger partial charge < -0.3 is 0 Å². The first-order chi connectivity index (χ1) is 7.42. The normalized spacial score (nSPS) is 34.1. The van der Waals surface area contributed by atoms with Crippen molar-refractivity contribution in [1.29, 1.82) is 0 Å². The van der Waals surface area contributed by atoms with Crippen LogP contribution < -0.4 is 5.32 Å². The average molecular weight is 208 g/mol. The van der Waals surface area contributed by atoms with Gasteiger partial charge in [0.1, 0.15) is 24.5 Å². The van der Waals surface area contributed by atoms with Crippen LogP contribution in [0.2, 0.25) is 0 Å². The van der Waals surface area contributed by atoms with E-state index in [4.69, 9.17) is 0 Å². The van der Waals surface area contributed by atoms with Crippen molar-refractivity contribution in [2.45, 2.75) is 6.42 Å². The standard InChI is InChI=1S/C9H16N6/c1-2-12-14(5-1)15(7-4-11-9-15)13-6-3-10-8-13/h8,11H,1,3-7,9H2/q+2. The van der Waals surface area contributed by atoms with Gasteiger partial charge in [-0.05, 0) is 0 Å². The minimum atomic E-state index is 0.760. The fourth-order valence-corrected chi connectivity index (χ4v) is 2.40. The zero-order chi connectivity index (χ0) is 10.1. The lowest BCUT2D eigenvalue weighted by molar-refractivity contribution is -1.11. The number of hydrazone groups is 1. The van der Waals surface area contributed by atoms with E-state index in [1.807, 2.05) is 6.34 Å². The van der Waals surface area contributed by atoms with Crippen molar-refractivity contribution >= 4 is 12.6 Å². The highest BCUT2D eigenvalue weighted by atomic mass is 16.1. The van der Waals surface area contributed by atoms with Gasteiger partial charge in [-0.2, -0.15) is 5.01 Å². The van der Waals surface area contributed by atoms with E-state index in [-0.39, 0.29) is 0 Å². The van der Waals surface area contributed by atoms with Gasteiger partial charge in [-0.1, -0.05) is 9.82 Å². The largest absolute Gasteiger partial charge is 0.388 e. The Morgan fingerprint density at radius 3 is 3.00 bits per heavy atom. The van der Waals surface area contributed by atoms with E-state index in [9.17, 15) is 0 Å². The van der Waals surface area contributed by atoms with Crippen LogP contribution in [-0.4, -0.2) is 66.8 Å². The number of nitrogens with one attached hydrogen (secondary N) is 1. The lowest BCUT2D eigenvalue weighted by Crippen LogP contribution is -2.65. The summed E-state index contributed by atoms with van der Waals surface area (Å²) in [6.45, 7) is 5.87. The first kappa shape index (κ1) is 9.03. The van der Waals surface area contributed by atoms with Gasteiger partial charge in [-0.25, -0.2) is 0 Å². The number of aliphatic imine (C=N–C) groups is 1. The number of quaternary nitrogens is 1. The summed E-state index contributed by atoms with van der Waals surface area (Å²) >= 11 is 0. The fraction of sp³-hybridized carbons (Fsp3) is 0.778. The van der Waals surface area contributed by atoms with Gasteiger partial charge in [0.15, 0.2) is 6.67 Å². The fourth-order valence-electron chi connectivity index (χ4n) is 2.40. The molecule has 1 atom stereocenters. The smallest absolute Gasteiger partial charge is 0.269 e. The third kappa shape index (κ3) is 1.30. The maximum absolute atomic E-state index is 4.35. The third-order valence-electron chi connectivity index (χ3n) is 3.20. The molecule has 1 N–H and O–H groups in total. The van der Waals surface area contributed by atoms with Crippen molar-refractivity contribution in [3.05, 3.63) is 0 Å². The summed E-state index contributed by atoms with van der Waals surface area (Å²) in [5.74, 6) is 0. The summed E-state index contributed by atoms with van der Waals surface area (Å²) in [4.78, 5) is 4.29. The van der Waals surface area contributed by atoms with Crippen LogP contribution in [0.3, 0.4) is 0 Å². The van der Waals surface area contributed by atoms with Crippen LogP contribution in [-0.2, 0) is 0 Å². The maximum Gasteiger partial charge on any atom is 0.388 e. The molecule has 6 nitrogen and oxygen atoms in total. The molecule has 3 rings (SSSR count). The molecule has 0 spiro atoms. The highest BCUT2D eigenvalue weighted by Crippen LogP contribution is 2.22. The lowest BCUT2D eigenvalue weighted by atomic mass is 10.5. The van der Waals surface area contributed by atoms with Gasteiger partial charge in [0.25, 0.3) is 0 Å². The van der Waals surface area contributed by atoms with Crippen molar-refractivity contribution in [2.75, 3.05) is 39.4 Å². The summed E-state index contributed by atoms with van der Waals surface area (Å²) in [7, 11) is 0. The molecule has 0 radical (unpaired) electrons. The quantitative estimate of drug-likeness (QED) is 0.473. The van der Waals surface area contributed by atoms with Crippen LogP contribution in [0.5, 0.6) is 0 Å². The van der Waals surface area contributed by atoms with E-state index < -0.39 is 0 Å². The van der Waals surface area contributed by atoms with E-state index in [1.54, 1.807) is 0 Å². The second-order valence-corrected chi connectivity index (χ2v) is 4.05. The summed E-state index contributed by atoms with van der Waals surface area (Å²) < 4.78 is 0.760. The number of nitrogens with zero attached hydrogens (tertiary/aromatic N) is 5. The summed E-state index contributed by atoms with van der Waals surface area (Å²) in [5, 5.41) is 12.1. The van der Waals surface area contributed by atoms with Gasteiger partial charge >= 0.3 is 6.21 Å². The van der Waals surface area contributed by atoms with Crippen LogP contribution in [0.25, 0.3) is 0 Å². The van der Waals surface area contributed by atoms with Gasteiger partial charge in [-0.15, -0.1) is 0 Å². The number of hydrogen-bond donors (Lipinski definition) is 1. The van der Waals surface area contributed by atoms with Crippen LogP contribution >= 0.6 is 0 Å². The first-order valence-corrected chi connectivity index (χ1v) is 5.48. The first-order valence-electron chi connectivity index (χ1n) is 5.48. The Morgan fingerprint density at radius 1 is 1.40 bits per heavy atom. The Labute approximate surface area is 89.4 Å². The predicted octanol–water partition coefficient (Wildman–Crippen LogP) is -0.894. The molecule has 0 aromatic carbocycles. The van der Waals surface area contributed by atoms with E-state index >= 15 is 0 Å². The van der Waals surface area contributed by atoms with E-state index in [2.05, 4.69) is 31.8 Å². The number of rotatable bonds is 2. The van der Waals surface area contributed by atoms with E-state index in [0.717, 1.165) is 50.5 Å². The van der Waals surface area contributed by atoms with Crippen molar-refractivity contribution < 1.29 is 4.70 Å². The molecule has 0 aromatic rings. The van der Waals surface area contributed by atoms with Crippen LogP contribution in [0, 0.1) is 0 Å². The molecule has 6 heteroatoms. The van der Waals surface area contributed by atoms with Gasteiger partial charge in [0, 0.05) is 0 Å². The molecule has 0 aliphatic carbocycles. The maximum atomic E-state index is 4.35.